The summed E-state index contributed by atoms with van der Waals surface area (Å²) in [5.74, 6) is -1.38. The van der Waals surface area contributed by atoms with Gasteiger partial charge in [0.05, 0.1) is 29.6 Å². The highest BCUT2D eigenvalue weighted by Crippen LogP contribution is 2.50. The summed E-state index contributed by atoms with van der Waals surface area (Å²) in [5.41, 5.74) is 0.492. The fourth-order valence-electron chi connectivity index (χ4n) is 5.24. The van der Waals surface area contributed by atoms with Crippen molar-refractivity contribution >= 4 is 57.6 Å². The van der Waals surface area contributed by atoms with Crippen LogP contribution in [0.1, 0.15) is 19.5 Å². The maximum Gasteiger partial charge on any atom is 0.328 e. The number of amides is 4. The van der Waals surface area contributed by atoms with E-state index in [1.807, 2.05) is 11.8 Å². The van der Waals surface area contributed by atoms with Crippen molar-refractivity contribution in [1.82, 2.24) is 25.8 Å². The quantitative estimate of drug-likeness (QED) is 0.491. The number of nitrogens with zero attached hydrogens (tertiary/aromatic N) is 4. The highest BCUT2D eigenvalue weighted by atomic mass is 35.5. The van der Waals surface area contributed by atoms with Crippen molar-refractivity contribution in [3.63, 3.8) is 0 Å². The average molecular weight is 489 g/mol. The van der Waals surface area contributed by atoms with Crippen molar-refractivity contribution in [2.24, 2.45) is 5.41 Å². The molecule has 0 aliphatic carbocycles. The zero-order valence-corrected chi connectivity index (χ0v) is 19.0. The molecule has 4 amide bonds. The Labute approximate surface area is 195 Å². The number of fused-ring (bicyclic) bond motifs is 5. The van der Waals surface area contributed by atoms with Gasteiger partial charge in [-0.15, -0.1) is 11.3 Å². The minimum absolute atomic E-state index is 0.0747. The first-order valence-electron chi connectivity index (χ1n) is 10.3. The van der Waals surface area contributed by atoms with Crippen molar-refractivity contribution in [3.8, 4) is 10.7 Å². The Morgan fingerprint density at radius 3 is 2.70 bits per heavy atom. The monoisotopic (exact) mass is 488 g/mol. The maximum absolute atomic E-state index is 13.3. The molecule has 0 unspecified atom stereocenters. The lowest BCUT2D eigenvalue weighted by Gasteiger charge is -2.55. The third kappa shape index (κ3) is 2.71. The Bertz CT molecular complexity index is 1320. The third-order valence-corrected chi connectivity index (χ3v) is 7.54. The number of carbonyl (C=O) groups excluding carboxylic acids is 3. The number of aromatic nitrogens is 3. The number of thiazole rings is 1. The van der Waals surface area contributed by atoms with Crippen LogP contribution in [0.3, 0.4) is 0 Å². The van der Waals surface area contributed by atoms with Gasteiger partial charge in [0.25, 0.3) is 0 Å². The predicted octanol–water partition coefficient (Wildman–Crippen LogP) is 1.89. The number of urea groups is 1. The number of rotatable bonds is 1. The van der Waals surface area contributed by atoms with Gasteiger partial charge < -0.3 is 14.2 Å². The molecule has 0 bridgehead atoms. The summed E-state index contributed by atoms with van der Waals surface area (Å²) in [4.78, 5) is 49.3. The largest absolute Gasteiger partial charge is 0.372 e. The number of barbiturate groups is 1. The fourth-order valence-corrected chi connectivity index (χ4v) is 6.20. The van der Waals surface area contributed by atoms with E-state index in [1.54, 1.807) is 18.5 Å². The Balaban J connectivity index is 1.61. The highest BCUT2D eigenvalue weighted by molar-refractivity contribution is 7.13. The van der Waals surface area contributed by atoms with Crippen LogP contribution in [0.15, 0.2) is 16.1 Å². The van der Waals surface area contributed by atoms with Crippen LogP contribution in [-0.4, -0.2) is 57.8 Å². The summed E-state index contributed by atoms with van der Waals surface area (Å²) in [6.45, 7) is 4.05. The topological polar surface area (TPSA) is 140 Å². The van der Waals surface area contributed by atoms with Crippen LogP contribution in [0.25, 0.3) is 21.8 Å². The molecule has 3 aromatic rings. The molecule has 3 aliphatic rings. The van der Waals surface area contributed by atoms with Gasteiger partial charge in [-0.25, -0.2) is 14.8 Å². The van der Waals surface area contributed by atoms with Crippen molar-refractivity contribution in [2.75, 3.05) is 11.4 Å². The predicted molar refractivity (Wildman–Crippen MR) is 117 cm³/mol. The Morgan fingerprint density at radius 1 is 1.24 bits per heavy atom. The molecule has 1 spiro atoms. The lowest BCUT2D eigenvalue weighted by molar-refractivity contribution is -0.153. The van der Waals surface area contributed by atoms with E-state index in [0.717, 1.165) is 0 Å². The number of nitrogens with one attached hydrogen (secondary N) is 2. The smallest absolute Gasteiger partial charge is 0.328 e. The van der Waals surface area contributed by atoms with Crippen molar-refractivity contribution in [3.05, 3.63) is 22.3 Å². The van der Waals surface area contributed by atoms with Gasteiger partial charge in [0.15, 0.2) is 11.1 Å². The third-order valence-electron chi connectivity index (χ3n) is 6.41. The molecule has 3 aromatic heterocycles. The maximum atomic E-state index is 13.3. The molecule has 0 aromatic carbocycles. The van der Waals surface area contributed by atoms with Crippen LogP contribution in [0.4, 0.5) is 10.5 Å². The standard InChI is InChI=1S/C20H17ClN6O5S/c1-7-6-27-13-9(23-11-12(16-22-3-4-33-16)26-32-14(11)10(13)21)5-20(15(27)8(2)31-7)17(28)24-19(30)25-18(20)29/h3-4,7-8,15H,5-6H2,1-2H3,(H2,24,25,28,29,30)/t7-,8+,15-/m0/s1. The number of ether oxygens (including phenoxy) is 1. The van der Waals surface area contributed by atoms with Crippen molar-refractivity contribution in [1.29, 1.82) is 0 Å². The molecular weight excluding hydrogens is 472 g/mol. The van der Waals surface area contributed by atoms with Gasteiger partial charge in [-0.3, -0.25) is 20.2 Å². The number of imide groups is 2. The number of hydrogen-bond donors (Lipinski definition) is 2. The average Bonchev–Trinajstić information content (AvgIpc) is 3.41. The van der Waals surface area contributed by atoms with Crippen LogP contribution in [0.2, 0.25) is 5.02 Å². The second-order valence-electron chi connectivity index (χ2n) is 8.40. The number of anilines is 1. The molecule has 6 rings (SSSR count). The SMILES string of the molecule is C[C@H]1CN2c3c(nc4c(-c5nccs5)noc4c3Cl)CC3(C(=O)NC(=O)NC3=O)[C@@H]2[C@@H](C)O1. The minimum Gasteiger partial charge on any atom is -0.372 e. The number of carbonyl (C=O) groups is 3. The van der Waals surface area contributed by atoms with E-state index in [1.165, 1.54) is 11.3 Å². The van der Waals surface area contributed by atoms with E-state index in [9.17, 15) is 14.4 Å². The molecule has 3 atom stereocenters. The van der Waals surface area contributed by atoms with E-state index in [2.05, 4.69) is 20.8 Å². The van der Waals surface area contributed by atoms with Crippen molar-refractivity contribution < 1.29 is 23.6 Å². The van der Waals surface area contributed by atoms with Crippen LogP contribution >= 0.6 is 22.9 Å². The first-order valence-corrected chi connectivity index (χ1v) is 11.5. The molecule has 2 fully saturated rings. The number of pyridine rings is 1. The molecule has 13 heteroatoms. The summed E-state index contributed by atoms with van der Waals surface area (Å²) in [7, 11) is 0. The van der Waals surface area contributed by atoms with E-state index < -0.39 is 35.4 Å². The first kappa shape index (κ1) is 20.5. The lowest BCUT2D eigenvalue weighted by atomic mass is 9.67. The van der Waals surface area contributed by atoms with E-state index in [4.69, 9.17) is 25.8 Å². The molecule has 6 heterocycles. The Hall–Kier alpha value is -3.09. The summed E-state index contributed by atoms with van der Waals surface area (Å²) in [6.07, 6.45) is 0.848. The molecule has 2 saturated heterocycles. The summed E-state index contributed by atoms with van der Waals surface area (Å²) in [5, 5.41) is 11.3. The molecule has 2 N–H and O–H groups in total. The zero-order chi connectivity index (χ0) is 23.1. The molecular formula is C20H17ClN6O5S. The van der Waals surface area contributed by atoms with Crippen molar-refractivity contribution in [2.45, 2.75) is 38.5 Å². The highest BCUT2D eigenvalue weighted by Gasteiger charge is 2.63. The van der Waals surface area contributed by atoms with E-state index in [0.29, 0.717) is 44.7 Å². The molecule has 0 radical (unpaired) electrons. The first-order chi connectivity index (χ1) is 15.8. The number of halogens is 1. The number of morpholine rings is 1. The lowest BCUT2D eigenvalue weighted by Crippen LogP contribution is -2.75. The number of hydrogen-bond acceptors (Lipinski definition) is 10. The summed E-state index contributed by atoms with van der Waals surface area (Å²) >= 11 is 8.22. The second kappa shape index (κ2) is 6.95. The van der Waals surface area contributed by atoms with Gasteiger partial charge in [-0.2, -0.15) is 0 Å². The molecule has 33 heavy (non-hydrogen) atoms. The van der Waals surface area contributed by atoms with E-state index >= 15 is 0 Å². The fraction of sp³-hybridized carbons (Fsp3) is 0.400. The summed E-state index contributed by atoms with van der Waals surface area (Å²) < 4.78 is 11.6. The second-order valence-corrected chi connectivity index (χ2v) is 9.67. The molecule has 0 saturated carbocycles. The van der Waals surface area contributed by atoms with Crippen LogP contribution in [0.5, 0.6) is 0 Å². The normalized spacial score (nSPS) is 26.2. The Kier molecular flexibility index (Phi) is 4.32. The summed E-state index contributed by atoms with van der Waals surface area (Å²) in [6, 6.07) is -1.57. The van der Waals surface area contributed by atoms with Gasteiger partial charge >= 0.3 is 6.03 Å². The van der Waals surface area contributed by atoms with Gasteiger partial charge in [-0.1, -0.05) is 16.8 Å². The van der Waals surface area contributed by atoms with Gasteiger partial charge in [-0.05, 0) is 13.8 Å². The van der Waals surface area contributed by atoms with Crippen LogP contribution in [0, 0.1) is 5.41 Å². The van der Waals surface area contributed by atoms with Gasteiger partial charge in [0.1, 0.15) is 15.5 Å². The van der Waals surface area contributed by atoms with Gasteiger partial charge in [0.2, 0.25) is 17.4 Å². The van der Waals surface area contributed by atoms with E-state index in [-0.39, 0.29) is 12.5 Å². The zero-order valence-electron chi connectivity index (χ0n) is 17.4. The molecule has 170 valence electrons. The minimum atomic E-state index is -1.64. The Morgan fingerprint density at radius 2 is 2.00 bits per heavy atom. The van der Waals surface area contributed by atoms with Crippen LogP contribution < -0.4 is 15.5 Å². The van der Waals surface area contributed by atoms with Crippen LogP contribution in [-0.2, 0) is 20.7 Å². The molecule has 11 nitrogen and oxygen atoms in total. The van der Waals surface area contributed by atoms with Gasteiger partial charge in [0, 0.05) is 24.5 Å². The molecule has 3 aliphatic heterocycles.